The number of nitrogens with zero attached hydrogens (tertiary/aromatic N) is 2. The normalized spacial score (nSPS) is 12.5. The summed E-state index contributed by atoms with van der Waals surface area (Å²) in [4.78, 5) is 25.4. The molecule has 10 heteroatoms. The second-order valence-corrected chi connectivity index (χ2v) is 8.72. The fourth-order valence-electron chi connectivity index (χ4n) is 2.90. The second kappa shape index (κ2) is 11.6. The lowest BCUT2D eigenvalue weighted by molar-refractivity contribution is -0.128. The molecule has 0 spiro atoms. The molecule has 2 unspecified atom stereocenters. The van der Waals surface area contributed by atoms with Crippen LogP contribution in [0.15, 0.2) is 48.5 Å². The number of benzene rings is 2. The van der Waals surface area contributed by atoms with Gasteiger partial charge >= 0.3 is 0 Å². The third-order valence-corrected chi connectivity index (χ3v) is 6.13. The first-order chi connectivity index (χ1) is 15.9. The molecule has 8 nitrogen and oxygen atoms in total. The average Bonchev–Trinajstić information content (AvgIpc) is 3.30. The number of ether oxygens (including phenoxy) is 2. The zero-order valence-corrected chi connectivity index (χ0v) is 20.1. The maximum absolute atomic E-state index is 12.9. The molecule has 3 aromatic rings. The number of rotatable bonds is 10. The van der Waals surface area contributed by atoms with E-state index in [-0.39, 0.29) is 18.4 Å². The highest BCUT2D eigenvalue weighted by Gasteiger charge is 2.27. The first-order valence-corrected chi connectivity index (χ1v) is 11.6. The predicted octanol–water partition coefficient (Wildman–Crippen LogP) is 4.42. The van der Waals surface area contributed by atoms with Crippen molar-refractivity contribution < 1.29 is 19.1 Å². The van der Waals surface area contributed by atoms with Gasteiger partial charge in [-0.05, 0) is 54.4 Å². The van der Waals surface area contributed by atoms with E-state index >= 15 is 0 Å². The molecular formula is C23H25ClN4O4S. The summed E-state index contributed by atoms with van der Waals surface area (Å²) in [5.41, 5.74) is 0.861. The van der Waals surface area contributed by atoms with Crippen molar-refractivity contribution in [2.45, 2.75) is 26.3 Å². The molecule has 2 N–H and O–H groups in total. The largest absolute Gasteiger partial charge is 0.497 e. The molecule has 2 amide bonds. The van der Waals surface area contributed by atoms with Crippen LogP contribution in [-0.4, -0.2) is 41.8 Å². The number of halogens is 1. The molecule has 0 aliphatic carbocycles. The van der Waals surface area contributed by atoms with Crippen molar-refractivity contribution in [1.82, 2.24) is 15.5 Å². The van der Waals surface area contributed by atoms with E-state index in [2.05, 4.69) is 20.8 Å². The van der Waals surface area contributed by atoms with E-state index in [0.717, 1.165) is 11.3 Å². The molecule has 0 aliphatic heterocycles. The van der Waals surface area contributed by atoms with Crippen LogP contribution in [0.2, 0.25) is 5.02 Å². The van der Waals surface area contributed by atoms with Crippen LogP contribution in [0.4, 0.5) is 5.13 Å². The third-order valence-electron chi connectivity index (χ3n) is 4.99. The van der Waals surface area contributed by atoms with Crippen LogP contribution in [0.5, 0.6) is 11.5 Å². The number of aromatic nitrogens is 2. The number of carbonyl (C=O) groups excluding carboxylic acids is 2. The Kier molecular flexibility index (Phi) is 8.62. The van der Waals surface area contributed by atoms with Gasteiger partial charge in [0.15, 0.2) is 6.61 Å². The summed E-state index contributed by atoms with van der Waals surface area (Å²) in [5.74, 6) is 0.393. The van der Waals surface area contributed by atoms with Gasteiger partial charge < -0.3 is 14.8 Å². The minimum atomic E-state index is -0.746. The lowest BCUT2D eigenvalue weighted by atomic mass is 9.98. The minimum Gasteiger partial charge on any atom is -0.497 e. The number of carbonyl (C=O) groups is 2. The van der Waals surface area contributed by atoms with Gasteiger partial charge in [0.25, 0.3) is 5.91 Å². The van der Waals surface area contributed by atoms with E-state index in [9.17, 15) is 9.59 Å². The second-order valence-electron chi connectivity index (χ2n) is 7.30. The highest BCUT2D eigenvalue weighted by Crippen LogP contribution is 2.28. The number of hydrogen-bond donors (Lipinski definition) is 2. The summed E-state index contributed by atoms with van der Waals surface area (Å²) in [6.07, 6.45) is 0.698. The van der Waals surface area contributed by atoms with Crippen LogP contribution < -0.4 is 20.1 Å². The molecule has 0 aliphatic rings. The third kappa shape index (κ3) is 6.90. The summed E-state index contributed by atoms with van der Waals surface area (Å²) >= 11 is 7.10. The van der Waals surface area contributed by atoms with Crippen molar-refractivity contribution in [2.75, 3.05) is 19.0 Å². The molecule has 2 atom stereocenters. The summed E-state index contributed by atoms with van der Waals surface area (Å²) in [6, 6.07) is 13.3. The van der Waals surface area contributed by atoms with Crippen LogP contribution in [0.1, 0.15) is 20.3 Å². The quantitative estimate of drug-likeness (QED) is 0.438. The number of hydrogen-bond acceptors (Lipinski definition) is 7. The van der Waals surface area contributed by atoms with Gasteiger partial charge in [-0.2, -0.15) is 0 Å². The summed E-state index contributed by atoms with van der Waals surface area (Å²) in [7, 11) is 1.60. The summed E-state index contributed by atoms with van der Waals surface area (Å²) in [6.45, 7) is 3.63. The van der Waals surface area contributed by atoms with Gasteiger partial charge in [0.05, 0.1) is 7.11 Å². The predicted molar refractivity (Wildman–Crippen MR) is 129 cm³/mol. The molecule has 0 saturated heterocycles. The monoisotopic (exact) mass is 488 g/mol. The smallest absolute Gasteiger partial charge is 0.258 e. The molecular weight excluding hydrogens is 464 g/mol. The van der Waals surface area contributed by atoms with Crippen molar-refractivity contribution in [3.63, 3.8) is 0 Å². The number of nitrogens with one attached hydrogen (secondary N) is 2. The van der Waals surface area contributed by atoms with E-state index in [1.54, 1.807) is 31.4 Å². The van der Waals surface area contributed by atoms with E-state index in [1.807, 2.05) is 38.1 Å². The van der Waals surface area contributed by atoms with Gasteiger partial charge in [-0.15, -0.1) is 10.2 Å². The van der Waals surface area contributed by atoms with Gasteiger partial charge in [-0.1, -0.05) is 43.2 Å². The fourth-order valence-corrected chi connectivity index (χ4v) is 3.78. The summed E-state index contributed by atoms with van der Waals surface area (Å²) < 4.78 is 10.6. The Bertz CT molecular complexity index is 1070. The standard InChI is InChI=1S/C23H25ClN4O4S/c1-4-14(2)20(25-19(29)13-32-18-11-7-16(24)8-12-18)21(30)26-23-28-27-22(33-23)15-5-9-17(31-3)10-6-15/h5-12,14,20H,4,13H2,1-3H3,(H,25,29)(H,26,28,30). The Morgan fingerprint density at radius 3 is 2.36 bits per heavy atom. The van der Waals surface area contributed by atoms with E-state index < -0.39 is 11.9 Å². The van der Waals surface area contributed by atoms with Crippen LogP contribution in [0.25, 0.3) is 10.6 Å². The SMILES string of the molecule is CCC(C)C(NC(=O)COc1ccc(Cl)cc1)C(=O)Nc1nnc(-c2ccc(OC)cc2)s1. The van der Waals surface area contributed by atoms with Gasteiger partial charge in [-0.25, -0.2) is 0 Å². The zero-order valence-electron chi connectivity index (χ0n) is 18.5. The zero-order chi connectivity index (χ0) is 23.8. The molecule has 3 rings (SSSR count). The lowest BCUT2D eigenvalue weighted by Crippen LogP contribution is -2.49. The van der Waals surface area contributed by atoms with Gasteiger partial charge in [0, 0.05) is 10.6 Å². The van der Waals surface area contributed by atoms with Crippen LogP contribution in [0, 0.1) is 5.92 Å². The van der Waals surface area contributed by atoms with Gasteiger partial charge in [0.2, 0.25) is 11.0 Å². The summed E-state index contributed by atoms with van der Waals surface area (Å²) in [5, 5.41) is 15.3. The maximum Gasteiger partial charge on any atom is 0.258 e. The van der Waals surface area contributed by atoms with Crippen molar-refractivity contribution >= 4 is 39.9 Å². The first-order valence-electron chi connectivity index (χ1n) is 10.4. The van der Waals surface area contributed by atoms with Gasteiger partial charge in [-0.3, -0.25) is 14.9 Å². The molecule has 0 fully saturated rings. The van der Waals surface area contributed by atoms with E-state index in [4.69, 9.17) is 21.1 Å². The molecule has 2 aromatic carbocycles. The molecule has 0 saturated carbocycles. The average molecular weight is 489 g/mol. The molecule has 0 bridgehead atoms. The number of methoxy groups -OCH3 is 1. The Hall–Kier alpha value is -3.17. The maximum atomic E-state index is 12.9. The van der Waals surface area contributed by atoms with Crippen molar-refractivity contribution in [3.05, 3.63) is 53.6 Å². The lowest BCUT2D eigenvalue weighted by Gasteiger charge is -2.23. The Morgan fingerprint density at radius 1 is 1.06 bits per heavy atom. The highest BCUT2D eigenvalue weighted by molar-refractivity contribution is 7.18. The van der Waals surface area contributed by atoms with Crippen molar-refractivity contribution in [1.29, 1.82) is 0 Å². The molecule has 33 heavy (non-hydrogen) atoms. The topological polar surface area (TPSA) is 102 Å². The highest BCUT2D eigenvalue weighted by atomic mass is 35.5. The van der Waals surface area contributed by atoms with Crippen LogP contribution in [0.3, 0.4) is 0 Å². The van der Waals surface area contributed by atoms with Crippen LogP contribution in [-0.2, 0) is 9.59 Å². The fraction of sp³-hybridized carbons (Fsp3) is 0.304. The van der Waals surface area contributed by atoms with E-state index in [0.29, 0.717) is 27.3 Å². The number of anilines is 1. The Morgan fingerprint density at radius 2 is 1.73 bits per heavy atom. The first kappa shape index (κ1) is 24.5. The molecule has 1 aromatic heterocycles. The minimum absolute atomic E-state index is 0.0986. The number of amides is 2. The van der Waals surface area contributed by atoms with E-state index in [1.165, 1.54) is 11.3 Å². The molecule has 0 radical (unpaired) electrons. The van der Waals surface area contributed by atoms with Crippen molar-refractivity contribution in [3.8, 4) is 22.1 Å². The Labute approximate surface area is 201 Å². The Balaban J connectivity index is 1.61. The molecule has 1 heterocycles. The van der Waals surface area contributed by atoms with Crippen molar-refractivity contribution in [2.24, 2.45) is 5.92 Å². The van der Waals surface area contributed by atoms with Gasteiger partial charge in [0.1, 0.15) is 22.5 Å². The molecule has 174 valence electrons. The van der Waals surface area contributed by atoms with Crippen LogP contribution >= 0.6 is 22.9 Å².